The van der Waals surface area contributed by atoms with Crippen molar-refractivity contribution in [3.05, 3.63) is 60.3 Å². The van der Waals surface area contributed by atoms with Crippen molar-refractivity contribution in [2.45, 2.75) is 10.6 Å². The molecule has 2 aromatic carbocycles. The van der Waals surface area contributed by atoms with Gasteiger partial charge in [-0.25, -0.2) is 9.97 Å². The first kappa shape index (κ1) is 17.8. The molecule has 6 heteroatoms. The van der Waals surface area contributed by atoms with Crippen molar-refractivity contribution in [3.8, 4) is 17.0 Å². The number of hydrogen-bond donors (Lipinski definition) is 1. The minimum absolute atomic E-state index is 0.604. The van der Waals surface area contributed by atoms with E-state index in [1.165, 1.54) is 11.1 Å². The van der Waals surface area contributed by atoms with Crippen LogP contribution in [-0.4, -0.2) is 42.1 Å². The third-order valence-corrected chi connectivity index (χ3v) is 5.39. The molecule has 0 radical (unpaired) electrons. The highest BCUT2D eigenvalue weighted by molar-refractivity contribution is 7.98. The van der Waals surface area contributed by atoms with Crippen LogP contribution < -0.4 is 10.1 Å². The Morgan fingerprint density at radius 2 is 1.93 bits per heavy atom. The summed E-state index contributed by atoms with van der Waals surface area (Å²) in [5.41, 5.74) is 4.45. The largest absolute Gasteiger partial charge is 0.492 e. The van der Waals surface area contributed by atoms with Crippen LogP contribution in [0.25, 0.3) is 11.3 Å². The zero-order valence-corrected chi connectivity index (χ0v) is 16.3. The lowest BCUT2D eigenvalue weighted by atomic mass is 10.1. The molecule has 0 unspecified atom stereocenters. The lowest BCUT2D eigenvalue weighted by Crippen LogP contribution is -2.19. The second-order valence-corrected chi connectivity index (χ2v) is 7.67. The van der Waals surface area contributed by atoms with Gasteiger partial charge in [0.2, 0.25) is 5.95 Å². The van der Waals surface area contributed by atoms with Crippen LogP contribution in [0.2, 0.25) is 0 Å². The number of benzene rings is 2. The number of anilines is 2. The standard InChI is InChI=1S/C21H22N4OS/c1-25(2)11-12-26-17-9-7-16(8-10-17)23-21-22-13-19-20(24-21)18-6-4-3-5-15(18)14-27-19/h3-10,13H,11-12,14H2,1-2H3,(H,22,23,24). The monoisotopic (exact) mass is 378 g/mol. The first-order valence-corrected chi connectivity index (χ1v) is 9.90. The van der Waals surface area contributed by atoms with E-state index in [-0.39, 0.29) is 0 Å². The smallest absolute Gasteiger partial charge is 0.227 e. The van der Waals surface area contributed by atoms with Gasteiger partial charge in [0.15, 0.2) is 0 Å². The van der Waals surface area contributed by atoms with Crippen molar-refractivity contribution in [1.29, 1.82) is 0 Å². The Morgan fingerprint density at radius 3 is 2.74 bits per heavy atom. The van der Waals surface area contributed by atoms with Crippen molar-refractivity contribution in [1.82, 2.24) is 14.9 Å². The van der Waals surface area contributed by atoms with Gasteiger partial charge in [-0.05, 0) is 43.9 Å². The highest BCUT2D eigenvalue weighted by Gasteiger charge is 2.18. The van der Waals surface area contributed by atoms with Gasteiger partial charge in [0, 0.05) is 29.7 Å². The van der Waals surface area contributed by atoms with Crippen LogP contribution in [0.15, 0.2) is 59.6 Å². The molecule has 3 aromatic rings. The molecule has 2 heterocycles. The number of likely N-dealkylation sites (N-methyl/N-ethyl adjacent to an activating group) is 1. The summed E-state index contributed by atoms with van der Waals surface area (Å²) in [6.07, 6.45) is 1.91. The van der Waals surface area contributed by atoms with E-state index in [1.54, 1.807) is 11.8 Å². The predicted molar refractivity (Wildman–Crippen MR) is 111 cm³/mol. The summed E-state index contributed by atoms with van der Waals surface area (Å²) in [5, 5.41) is 3.29. The minimum atomic E-state index is 0.604. The molecule has 0 bridgehead atoms. The van der Waals surface area contributed by atoms with E-state index in [0.29, 0.717) is 12.6 Å². The third kappa shape index (κ3) is 4.23. The Kier molecular flexibility index (Phi) is 5.27. The number of hydrogen-bond acceptors (Lipinski definition) is 6. The highest BCUT2D eigenvalue weighted by atomic mass is 32.2. The summed E-state index contributed by atoms with van der Waals surface area (Å²) in [4.78, 5) is 12.5. The van der Waals surface area contributed by atoms with Gasteiger partial charge in [0.25, 0.3) is 0 Å². The Morgan fingerprint density at radius 1 is 1.11 bits per heavy atom. The van der Waals surface area contributed by atoms with Crippen molar-refractivity contribution in [3.63, 3.8) is 0 Å². The van der Waals surface area contributed by atoms with Gasteiger partial charge in [-0.2, -0.15) is 0 Å². The molecule has 4 rings (SSSR count). The van der Waals surface area contributed by atoms with Gasteiger partial charge in [-0.15, -0.1) is 11.8 Å². The number of rotatable bonds is 6. The molecule has 0 amide bonds. The maximum Gasteiger partial charge on any atom is 0.227 e. The average molecular weight is 379 g/mol. The number of ether oxygens (including phenoxy) is 1. The molecule has 0 aliphatic carbocycles. The summed E-state index contributed by atoms with van der Waals surface area (Å²) >= 11 is 1.79. The van der Waals surface area contributed by atoms with E-state index in [4.69, 9.17) is 9.72 Å². The van der Waals surface area contributed by atoms with Gasteiger partial charge in [0.05, 0.1) is 10.6 Å². The van der Waals surface area contributed by atoms with Crippen LogP contribution in [0, 0.1) is 0 Å². The fourth-order valence-electron chi connectivity index (χ4n) is 2.87. The molecule has 27 heavy (non-hydrogen) atoms. The van der Waals surface area contributed by atoms with E-state index >= 15 is 0 Å². The summed E-state index contributed by atoms with van der Waals surface area (Å²) in [7, 11) is 4.07. The Balaban J connectivity index is 1.48. The second-order valence-electron chi connectivity index (χ2n) is 6.65. The van der Waals surface area contributed by atoms with Gasteiger partial charge < -0.3 is 15.0 Å². The topological polar surface area (TPSA) is 50.3 Å². The molecule has 0 fully saturated rings. The van der Waals surface area contributed by atoms with Crippen molar-refractivity contribution in [2.24, 2.45) is 0 Å². The molecule has 0 atom stereocenters. The van der Waals surface area contributed by atoms with Crippen LogP contribution in [0.3, 0.4) is 0 Å². The van der Waals surface area contributed by atoms with Gasteiger partial charge >= 0.3 is 0 Å². The molecule has 1 aliphatic rings. The zero-order chi connectivity index (χ0) is 18.6. The molecule has 0 spiro atoms. The first-order valence-electron chi connectivity index (χ1n) is 8.92. The van der Waals surface area contributed by atoms with Crippen molar-refractivity contribution < 1.29 is 4.74 Å². The molecule has 1 N–H and O–H groups in total. The summed E-state index contributed by atoms with van der Waals surface area (Å²) in [5.74, 6) is 2.43. The van der Waals surface area contributed by atoms with Crippen LogP contribution in [0.1, 0.15) is 5.56 Å². The van der Waals surface area contributed by atoms with Gasteiger partial charge in [-0.3, -0.25) is 0 Å². The molecule has 5 nitrogen and oxygen atoms in total. The number of thioether (sulfide) groups is 1. The summed E-state index contributed by atoms with van der Waals surface area (Å²) < 4.78 is 5.73. The number of fused-ring (bicyclic) bond motifs is 3. The maximum atomic E-state index is 5.73. The molecule has 0 saturated heterocycles. The number of nitrogens with zero attached hydrogens (tertiary/aromatic N) is 3. The minimum Gasteiger partial charge on any atom is -0.492 e. The first-order chi connectivity index (χ1) is 13.2. The third-order valence-electron chi connectivity index (χ3n) is 4.33. The van der Waals surface area contributed by atoms with Crippen molar-refractivity contribution in [2.75, 3.05) is 32.6 Å². The quantitative estimate of drug-likeness (QED) is 0.685. The average Bonchev–Trinajstić information content (AvgIpc) is 2.69. The predicted octanol–water partition coefficient (Wildman–Crippen LogP) is 4.43. The lowest BCUT2D eigenvalue weighted by molar-refractivity contribution is 0.261. The Bertz CT molecular complexity index is 928. The van der Waals surface area contributed by atoms with E-state index in [0.717, 1.165) is 34.3 Å². The summed E-state index contributed by atoms with van der Waals surface area (Å²) in [6, 6.07) is 16.3. The maximum absolute atomic E-state index is 5.73. The summed E-state index contributed by atoms with van der Waals surface area (Å²) in [6.45, 7) is 1.56. The Hall–Kier alpha value is -2.57. The van der Waals surface area contributed by atoms with Crippen LogP contribution in [-0.2, 0) is 5.75 Å². The fraction of sp³-hybridized carbons (Fsp3) is 0.238. The molecular formula is C21H22N4OS. The zero-order valence-electron chi connectivity index (χ0n) is 15.5. The second kappa shape index (κ2) is 7.98. The fourth-order valence-corrected chi connectivity index (χ4v) is 3.85. The molecule has 1 aliphatic heterocycles. The normalized spacial score (nSPS) is 12.4. The van der Waals surface area contributed by atoms with E-state index < -0.39 is 0 Å². The molecule has 0 saturated carbocycles. The van der Waals surface area contributed by atoms with E-state index in [1.807, 2.05) is 44.6 Å². The van der Waals surface area contributed by atoms with Gasteiger partial charge in [-0.1, -0.05) is 24.3 Å². The van der Waals surface area contributed by atoms with Crippen molar-refractivity contribution >= 4 is 23.4 Å². The number of aromatic nitrogens is 2. The molecule has 138 valence electrons. The van der Waals surface area contributed by atoms with Gasteiger partial charge in [0.1, 0.15) is 12.4 Å². The van der Waals surface area contributed by atoms with E-state index in [2.05, 4.69) is 39.5 Å². The lowest BCUT2D eigenvalue weighted by Gasteiger charge is -2.18. The van der Waals surface area contributed by atoms with Crippen LogP contribution in [0.4, 0.5) is 11.6 Å². The Labute approximate surface area is 163 Å². The van der Waals surface area contributed by atoms with Crippen LogP contribution >= 0.6 is 11.8 Å². The SMILES string of the molecule is CN(C)CCOc1ccc(Nc2ncc3c(n2)-c2ccccc2CS3)cc1. The molecular weight excluding hydrogens is 356 g/mol. The molecule has 1 aromatic heterocycles. The van der Waals surface area contributed by atoms with Crippen LogP contribution in [0.5, 0.6) is 5.75 Å². The highest BCUT2D eigenvalue weighted by Crippen LogP contribution is 2.40. The number of nitrogens with one attached hydrogen (secondary N) is 1. The van der Waals surface area contributed by atoms with E-state index in [9.17, 15) is 0 Å².